The number of thioether (sulfide) groups is 1. The third-order valence-corrected chi connectivity index (χ3v) is 6.06. The number of halogens is 1. The summed E-state index contributed by atoms with van der Waals surface area (Å²) in [7, 11) is 0. The number of rotatable bonds is 4. The number of carboxylic acid groups (broad SMARTS) is 1. The van der Waals surface area contributed by atoms with Crippen LogP contribution in [0.3, 0.4) is 0 Å². The molecule has 0 saturated carbocycles. The number of amides is 2. The van der Waals surface area contributed by atoms with Crippen molar-refractivity contribution in [2.45, 2.75) is 24.8 Å². The lowest BCUT2D eigenvalue weighted by Gasteiger charge is -2.34. The van der Waals surface area contributed by atoms with Gasteiger partial charge in [0, 0.05) is 13.0 Å². The predicted molar refractivity (Wildman–Crippen MR) is 97.0 cm³/mol. The van der Waals surface area contributed by atoms with Crippen molar-refractivity contribution in [1.29, 1.82) is 0 Å². The minimum Gasteiger partial charge on any atom is -0.480 e. The smallest absolute Gasteiger partial charge is 0.329 e. The quantitative estimate of drug-likeness (QED) is 0.833. The van der Waals surface area contributed by atoms with Gasteiger partial charge >= 0.3 is 5.97 Å². The van der Waals surface area contributed by atoms with Crippen LogP contribution in [-0.2, 0) is 14.4 Å². The summed E-state index contributed by atoms with van der Waals surface area (Å²) in [5, 5.41) is 12.7. The number of carbonyl (C=O) groups excluding carboxylic acids is 2. The Bertz CT molecular complexity index is 706. The molecule has 8 heteroatoms. The predicted octanol–water partition coefficient (Wildman–Crippen LogP) is 2.16. The molecule has 25 heavy (non-hydrogen) atoms. The maximum Gasteiger partial charge on any atom is 0.329 e. The van der Waals surface area contributed by atoms with E-state index in [0.29, 0.717) is 35.1 Å². The largest absolute Gasteiger partial charge is 0.480 e. The van der Waals surface area contributed by atoms with Crippen LogP contribution in [0.15, 0.2) is 24.3 Å². The highest BCUT2D eigenvalue weighted by molar-refractivity contribution is 7.99. The van der Waals surface area contributed by atoms with Crippen LogP contribution < -0.4 is 10.2 Å². The van der Waals surface area contributed by atoms with E-state index in [1.54, 1.807) is 36.0 Å². The SMILES string of the molecule is O=C(NC1(C(=O)O)CCSCC1)C1CC(=O)N(c2ccccc2Cl)C1. The number of anilines is 1. The summed E-state index contributed by atoms with van der Waals surface area (Å²) in [4.78, 5) is 38.2. The Morgan fingerprint density at radius 3 is 2.60 bits per heavy atom. The van der Waals surface area contributed by atoms with E-state index in [2.05, 4.69) is 5.32 Å². The Kier molecular flexibility index (Phi) is 5.24. The Morgan fingerprint density at radius 2 is 1.96 bits per heavy atom. The molecule has 2 amide bonds. The average molecular weight is 383 g/mol. The van der Waals surface area contributed by atoms with Crippen molar-refractivity contribution >= 4 is 46.8 Å². The van der Waals surface area contributed by atoms with Gasteiger partial charge in [0.1, 0.15) is 5.54 Å². The summed E-state index contributed by atoms with van der Waals surface area (Å²) in [6, 6.07) is 6.98. The molecule has 0 radical (unpaired) electrons. The van der Waals surface area contributed by atoms with E-state index in [1.165, 1.54) is 4.90 Å². The molecule has 0 bridgehead atoms. The van der Waals surface area contributed by atoms with Crippen molar-refractivity contribution in [3.05, 3.63) is 29.3 Å². The highest BCUT2D eigenvalue weighted by atomic mass is 35.5. The van der Waals surface area contributed by atoms with Crippen LogP contribution in [0.2, 0.25) is 5.02 Å². The van der Waals surface area contributed by atoms with E-state index >= 15 is 0 Å². The standard InChI is InChI=1S/C17H19ClN2O4S/c18-12-3-1-2-4-13(12)20-10-11(9-14(20)21)15(22)19-17(16(23)24)5-7-25-8-6-17/h1-4,11H,5-10H2,(H,19,22)(H,23,24). The first kappa shape index (κ1) is 18.1. The van der Waals surface area contributed by atoms with Crippen molar-refractivity contribution < 1.29 is 19.5 Å². The molecule has 0 aliphatic carbocycles. The molecule has 2 aliphatic rings. The second-order valence-electron chi connectivity index (χ2n) is 6.35. The molecule has 2 fully saturated rings. The molecule has 6 nitrogen and oxygen atoms in total. The monoisotopic (exact) mass is 382 g/mol. The normalized spacial score (nSPS) is 22.7. The summed E-state index contributed by atoms with van der Waals surface area (Å²) in [5.41, 5.74) is -0.644. The van der Waals surface area contributed by atoms with Crippen LogP contribution in [0.1, 0.15) is 19.3 Å². The first-order valence-electron chi connectivity index (χ1n) is 8.11. The van der Waals surface area contributed by atoms with Crippen molar-refractivity contribution in [3.8, 4) is 0 Å². The van der Waals surface area contributed by atoms with Crippen LogP contribution in [-0.4, -0.2) is 46.5 Å². The van der Waals surface area contributed by atoms with Gasteiger partial charge in [-0.2, -0.15) is 11.8 Å². The van der Waals surface area contributed by atoms with Crippen molar-refractivity contribution in [3.63, 3.8) is 0 Å². The number of hydrogen-bond donors (Lipinski definition) is 2. The van der Waals surface area contributed by atoms with E-state index in [-0.39, 0.29) is 24.8 Å². The fourth-order valence-corrected chi connectivity index (χ4v) is 4.66. The van der Waals surface area contributed by atoms with Crippen molar-refractivity contribution in [2.75, 3.05) is 23.0 Å². The number of carboxylic acids is 1. The van der Waals surface area contributed by atoms with Crippen LogP contribution in [0.5, 0.6) is 0 Å². The molecular weight excluding hydrogens is 364 g/mol. The first-order valence-corrected chi connectivity index (χ1v) is 9.64. The van der Waals surface area contributed by atoms with Gasteiger partial charge in [-0.1, -0.05) is 23.7 Å². The molecule has 3 rings (SSSR count). The molecule has 2 aliphatic heterocycles. The lowest BCUT2D eigenvalue weighted by Crippen LogP contribution is -2.58. The fraction of sp³-hybridized carbons (Fsp3) is 0.471. The van der Waals surface area contributed by atoms with Gasteiger partial charge in [0.25, 0.3) is 0 Å². The van der Waals surface area contributed by atoms with Gasteiger partial charge in [0.15, 0.2) is 0 Å². The minimum atomic E-state index is -1.22. The zero-order chi connectivity index (χ0) is 18.0. The summed E-state index contributed by atoms with van der Waals surface area (Å²) < 4.78 is 0. The average Bonchev–Trinajstić information content (AvgIpc) is 2.98. The molecule has 2 heterocycles. The van der Waals surface area contributed by atoms with E-state index in [4.69, 9.17) is 11.6 Å². The lowest BCUT2D eigenvalue weighted by molar-refractivity contribution is -0.148. The maximum absolute atomic E-state index is 12.6. The van der Waals surface area contributed by atoms with Gasteiger partial charge in [-0.15, -0.1) is 0 Å². The lowest BCUT2D eigenvalue weighted by atomic mass is 9.91. The third-order valence-electron chi connectivity index (χ3n) is 4.76. The molecular formula is C17H19ClN2O4S. The summed E-state index contributed by atoms with van der Waals surface area (Å²) >= 11 is 7.82. The van der Waals surface area contributed by atoms with Crippen LogP contribution in [0, 0.1) is 5.92 Å². The summed E-state index contributed by atoms with van der Waals surface area (Å²) in [5.74, 6) is -0.749. The van der Waals surface area contributed by atoms with E-state index in [9.17, 15) is 19.5 Å². The number of hydrogen-bond acceptors (Lipinski definition) is 4. The molecule has 1 aromatic rings. The Labute approximate surface area is 154 Å². The van der Waals surface area contributed by atoms with Crippen molar-refractivity contribution in [1.82, 2.24) is 5.32 Å². The van der Waals surface area contributed by atoms with Gasteiger partial charge in [-0.25, -0.2) is 4.79 Å². The number of nitrogens with zero attached hydrogens (tertiary/aromatic N) is 1. The number of aliphatic carboxylic acids is 1. The highest BCUT2D eigenvalue weighted by Gasteiger charge is 2.44. The second-order valence-corrected chi connectivity index (χ2v) is 7.98. The zero-order valence-corrected chi connectivity index (χ0v) is 15.1. The molecule has 0 spiro atoms. The van der Waals surface area contributed by atoms with E-state index < -0.39 is 17.4 Å². The summed E-state index contributed by atoms with van der Waals surface area (Å²) in [6.07, 6.45) is 0.850. The Balaban J connectivity index is 1.72. The minimum absolute atomic E-state index is 0.0570. The highest BCUT2D eigenvalue weighted by Crippen LogP contribution is 2.32. The van der Waals surface area contributed by atoms with Gasteiger partial charge < -0.3 is 15.3 Å². The molecule has 1 atom stereocenters. The van der Waals surface area contributed by atoms with Crippen LogP contribution in [0.25, 0.3) is 0 Å². The van der Waals surface area contributed by atoms with Gasteiger partial charge in [0.2, 0.25) is 11.8 Å². The topological polar surface area (TPSA) is 86.7 Å². The van der Waals surface area contributed by atoms with Crippen LogP contribution in [0.4, 0.5) is 5.69 Å². The number of carbonyl (C=O) groups is 3. The molecule has 2 N–H and O–H groups in total. The van der Waals surface area contributed by atoms with E-state index in [0.717, 1.165) is 0 Å². The third kappa shape index (κ3) is 3.62. The first-order chi connectivity index (χ1) is 11.9. The van der Waals surface area contributed by atoms with Gasteiger partial charge in [-0.05, 0) is 36.5 Å². The van der Waals surface area contributed by atoms with E-state index in [1.807, 2.05) is 0 Å². The summed E-state index contributed by atoms with van der Waals surface area (Å²) in [6.45, 7) is 0.207. The van der Waals surface area contributed by atoms with Crippen LogP contribution >= 0.6 is 23.4 Å². The maximum atomic E-state index is 12.6. The zero-order valence-electron chi connectivity index (χ0n) is 13.5. The fourth-order valence-electron chi connectivity index (χ4n) is 3.24. The van der Waals surface area contributed by atoms with Gasteiger partial charge in [-0.3, -0.25) is 9.59 Å². The number of benzene rings is 1. The Hall–Kier alpha value is -1.73. The molecule has 1 unspecified atom stereocenters. The second kappa shape index (κ2) is 7.25. The molecule has 2 saturated heterocycles. The number of nitrogens with one attached hydrogen (secondary N) is 1. The molecule has 134 valence electrons. The molecule has 0 aromatic heterocycles. The van der Waals surface area contributed by atoms with Crippen molar-refractivity contribution in [2.24, 2.45) is 5.92 Å². The Morgan fingerprint density at radius 1 is 1.28 bits per heavy atom. The molecule has 1 aromatic carbocycles. The van der Waals surface area contributed by atoms with Gasteiger partial charge in [0.05, 0.1) is 16.6 Å². The number of para-hydroxylation sites is 1.